The third kappa shape index (κ3) is 8.82. The summed E-state index contributed by atoms with van der Waals surface area (Å²) in [5.74, 6) is -1.26. The van der Waals surface area contributed by atoms with E-state index in [4.69, 9.17) is 14.2 Å². The lowest BCUT2D eigenvalue weighted by molar-refractivity contribution is -0.138. The van der Waals surface area contributed by atoms with E-state index in [1.165, 1.54) is 10.7 Å². The molecule has 4 atom stereocenters. The van der Waals surface area contributed by atoms with Crippen LogP contribution in [0.3, 0.4) is 0 Å². The third-order valence-corrected chi connectivity index (χ3v) is 8.97. The van der Waals surface area contributed by atoms with Crippen LogP contribution in [-0.4, -0.2) is 70.4 Å². The Morgan fingerprint density at radius 1 is 0.848 bits per heavy atom. The summed E-state index contributed by atoms with van der Waals surface area (Å²) in [6.45, 7) is 2.62. The van der Waals surface area contributed by atoms with E-state index >= 15 is 0 Å². The zero-order chi connectivity index (χ0) is 32.3. The number of hydrogen-bond acceptors (Lipinski definition) is 7. The number of rotatable bonds is 13. The third-order valence-electron chi connectivity index (χ3n) is 8.97. The number of ether oxygens (including phenoxy) is 3. The van der Waals surface area contributed by atoms with Crippen molar-refractivity contribution in [3.05, 3.63) is 89.2 Å². The number of amides is 2. The van der Waals surface area contributed by atoms with E-state index in [0.29, 0.717) is 13.2 Å². The molecule has 2 aliphatic rings. The first-order valence-corrected chi connectivity index (χ1v) is 16.6. The molecular formula is C36H46N4O6. The molecule has 2 amide bonds. The molecule has 46 heavy (non-hydrogen) atoms. The molecule has 10 heteroatoms. The molecule has 5 rings (SSSR count). The van der Waals surface area contributed by atoms with Crippen LogP contribution in [0, 0.1) is 0 Å². The lowest BCUT2D eigenvalue weighted by atomic mass is 9.91. The number of esters is 1. The van der Waals surface area contributed by atoms with Crippen molar-refractivity contribution < 1.29 is 28.6 Å². The van der Waals surface area contributed by atoms with Crippen molar-refractivity contribution >= 4 is 17.8 Å². The molecule has 2 aromatic carbocycles. The van der Waals surface area contributed by atoms with Crippen molar-refractivity contribution in [2.75, 3.05) is 13.7 Å². The van der Waals surface area contributed by atoms with Crippen LogP contribution in [0.15, 0.2) is 66.7 Å². The van der Waals surface area contributed by atoms with Gasteiger partial charge in [-0.3, -0.25) is 9.59 Å². The zero-order valence-corrected chi connectivity index (χ0v) is 26.9. The average Bonchev–Trinajstić information content (AvgIpc) is 3.52. The predicted octanol–water partition coefficient (Wildman–Crippen LogP) is 5.30. The summed E-state index contributed by atoms with van der Waals surface area (Å²) >= 11 is 0. The Labute approximate surface area is 271 Å². The molecular weight excluding hydrogens is 584 g/mol. The molecule has 1 aromatic heterocycles. The Morgan fingerprint density at radius 3 is 2.09 bits per heavy atom. The monoisotopic (exact) mass is 630 g/mol. The van der Waals surface area contributed by atoms with E-state index in [-0.39, 0.29) is 54.7 Å². The normalized spacial score (nSPS) is 21.3. The van der Waals surface area contributed by atoms with Gasteiger partial charge in [0.15, 0.2) is 5.69 Å². The largest absolute Gasteiger partial charge is 0.461 e. The fourth-order valence-electron chi connectivity index (χ4n) is 6.42. The SMILES string of the molecule is CCOC(=O)c1cc(C(=O)N[C@H]2CCCC[C@@H]2OCc2ccccc2)n(CC(=O)N(C)[C@H]2CCCC[C@@H]2OCc2ccccc2)n1. The van der Waals surface area contributed by atoms with Gasteiger partial charge in [-0.25, -0.2) is 9.48 Å². The summed E-state index contributed by atoms with van der Waals surface area (Å²) in [7, 11) is 1.78. The average molecular weight is 631 g/mol. The van der Waals surface area contributed by atoms with Gasteiger partial charge in [-0.15, -0.1) is 0 Å². The number of likely N-dealkylation sites (N-methyl/N-ethyl adjacent to an activating group) is 1. The van der Waals surface area contributed by atoms with E-state index in [1.807, 2.05) is 60.7 Å². The maximum atomic E-state index is 13.7. The van der Waals surface area contributed by atoms with Gasteiger partial charge in [0.05, 0.1) is 44.1 Å². The van der Waals surface area contributed by atoms with E-state index in [1.54, 1.807) is 18.9 Å². The molecule has 10 nitrogen and oxygen atoms in total. The number of benzene rings is 2. The van der Waals surface area contributed by atoms with Crippen LogP contribution in [0.25, 0.3) is 0 Å². The summed E-state index contributed by atoms with van der Waals surface area (Å²) in [4.78, 5) is 41.8. The molecule has 0 spiro atoms. The highest BCUT2D eigenvalue weighted by molar-refractivity contribution is 5.96. The quantitative estimate of drug-likeness (QED) is 0.255. The fourth-order valence-corrected chi connectivity index (χ4v) is 6.42. The fraction of sp³-hybridized carbons (Fsp3) is 0.500. The zero-order valence-electron chi connectivity index (χ0n) is 26.9. The smallest absolute Gasteiger partial charge is 0.358 e. The summed E-state index contributed by atoms with van der Waals surface area (Å²) in [5, 5.41) is 7.50. The lowest BCUT2D eigenvalue weighted by Gasteiger charge is -2.38. The van der Waals surface area contributed by atoms with Crippen molar-refractivity contribution in [1.29, 1.82) is 0 Å². The van der Waals surface area contributed by atoms with Crippen molar-refractivity contribution in [1.82, 2.24) is 20.0 Å². The van der Waals surface area contributed by atoms with Crippen LogP contribution >= 0.6 is 0 Å². The van der Waals surface area contributed by atoms with Gasteiger partial charge in [-0.1, -0.05) is 86.3 Å². The van der Waals surface area contributed by atoms with Crippen LogP contribution in [0.2, 0.25) is 0 Å². The molecule has 1 heterocycles. The topological polar surface area (TPSA) is 112 Å². The first-order valence-electron chi connectivity index (χ1n) is 16.6. The molecule has 2 fully saturated rings. The van der Waals surface area contributed by atoms with Crippen LogP contribution in [0.1, 0.15) is 90.4 Å². The highest BCUT2D eigenvalue weighted by Crippen LogP contribution is 2.27. The van der Waals surface area contributed by atoms with E-state index in [9.17, 15) is 14.4 Å². The second kappa shape index (κ2) is 16.5. The number of nitrogens with one attached hydrogen (secondary N) is 1. The molecule has 2 aliphatic carbocycles. The molecule has 0 radical (unpaired) electrons. The Hall–Kier alpha value is -4.02. The number of nitrogens with zero attached hydrogens (tertiary/aromatic N) is 3. The van der Waals surface area contributed by atoms with Crippen molar-refractivity contribution in [2.45, 2.75) is 102 Å². The van der Waals surface area contributed by atoms with Gasteiger partial charge >= 0.3 is 5.97 Å². The Morgan fingerprint density at radius 2 is 1.43 bits per heavy atom. The second-order valence-corrected chi connectivity index (χ2v) is 12.2. The van der Waals surface area contributed by atoms with E-state index in [2.05, 4.69) is 10.4 Å². The lowest BCUT2D eigenvalue weighted by Crippen LogP contribution is -2.49. The molecule has 246 valence electrons. The van der Waals surface area contributed by atoms with Gasteiger partial charge in [-0.05, 0) is 43.7 Å². The van der Waals surface area contributed by atoms with Gasteiger partial charge in [0.25, 0.3) is 5.91 Å². The Balaban J connectivity index is 1.28. The number of hydrogen-bond donors (Lipinski definition) is 1. The molecule has 1 N–H and O–H groups in total. The minimum atomic E-state index is -0.639. The van der Waals surface area contributed by atoms with Crippen molar-refractivity contribution in [3.8, 4) is 0 Å². The van der Waals surface area contributed by atoms with Gasteiger partial charge in [0.2, 0.25) is 5.91 Å². The summed E-state index contributed by atoms with van der Waals surface area (Å²) in [5.41, 5.74) is 2.29. The maximum absolute atomic E-state index is 13.7. The molecule has 0 aliphatic heterocycles. The van der Waals surface area contributed by atoms with Crippen LogP contribution < -0.4 is 5.32 Å². The second-order valence-electron chi connectivity index (χ2n) is 12.2. The van der Waals surface area contributed by atoms with E-state index in [0.717, 1.165) is 62.5 Å². The highest BCUT2D eigenvalue weighted by atomic mass is 16.5. The van der Waals surface area contributed by atoms with Gasteiger partial charge < -0.3 is 24.4 Å². The van der Waals surface area contributed by atoms with Gasteiger partial charge in [0.1, 0.15) is 12.2 Å². The number of carbonyl (C=O) groups excluding carboxylic acids is 3. The molecule has 2 saturated carbocycles. The summed E-state index contributed by atoms with van der Waals surface area (Å²) < 4.78 is 19.1. The Kier molecular flexibility index (Phi) is 12.0. The first kappa shape index (κ1) is 33.3. The Bertz CT molecular complexity index is 1430. The molecule has 3 aromatic rings. The minimum absolute atomic E-state index is 0.00953. The van der Waals surface area contributed by atoms with Crippen molar-refractivity contribution in [2.24, 2.45) is 0 Å². The van der Waals surface area contributed by atoms with Crippen LogP contribution in [-0.2, 0) is 38.8 Å². The molecule has 0 unspecified atom stereocenters. The van der Waals surface area contributed by atoms with E-state index < -0.39 is 11.9 Å². The van der Waals surface area contributed by atoms with Crippen molar-refractivity contribution in [3.63, 3.8) is 0 Å². The first-order chi connectivity index (χ1) is 22.4. The highest BCUT2D eigenvalue weighted by Gasteiger charge is 2.33. The number of aromatic nitrogens is 2. The van der Waals surface area contributed by atoms with Crippen LogP contribution in [0.5, 0.6) is 0 Å². The predicted molar refractivity (Wildman–Crippen MR) is 173 cm³/mol. The van der Waals surface area contributed by atoms with Gasteiger partial charge in [-0.2, -0.15) is 5.10 Å². The standard InChI is InChI=1S/C36H46N4O6/c1-3-44-36(43)29-22-31(35(42)37-28-18-10-12-20-32(28)45-24-26-14-6-4-7-15-26)40(38-29)23-34(41)39(2)30-19-11-13-21-33(30)46-25-27-16-8-5-9-17-27/h4-9,14-17,22,28,30,32-33H,3,10-13,18-21,23-25H2,1-2H3,(H,37,42)/t28-,30-,32-,33-/m0/s1. The summed E-state index contributed by atoms with van der Waals surface area (Å²) in [6.07, 6.45) is 7.10. The minimum Gasteiger partial charge on any atom is -0.461 e. The molecule has 0 bridgehead atoms. The summed E-state index contributed by atoms with van der Waals surface area (Å²) in [6, 6.07) is 21.1. The number of carbonyl (C=O) groups is 3. The molecule has 0 saturated heterocycles. The maximum Gasteiger partial charge on any atom is 0.358 e. The van der Waals surface area contributed by atoms with Gasteiger partial charge in [0, 0.05) is 13.1 Å². The van der Waals surface area contributed by atoms with Crippen LogP contribution in [0.4, 0.5) is 0 Å².